The molecule has 1 aromatic carbocycles. The molecule has 15 heavy (non-hydrogen) atoms. The summed E-state index contributed by atoms with van der Waals surface area (Å²) in [4.78, 5) is 0. The summed E-state index contributed by atoms with van der Waals surface area (Å²) >= 11 is 0. The number of alkyl halides is 1. The highest BCUT2D eigenvalue weighted by atomic mass is 19.1. The standard InChI is InChI=1S/C13H18FN/c1-9(14)11-3-5-12(6-4-11)13(7-8-13)10(2)15/h3-6,9-10H,7-8,15H2,1-2H3. The lowest BCUT2D eigenvalue weighted by molar-refractivity contribution is 0.374. The average molecular weight is 207 g/mol. The van der Waals surface area contributed by atoms with Gasteiger partial charge in [0.15, 0.2) is 0 Å². The van der Waals surface area contributed by atoms with E-state index in [4.69, 9.17) is 5.73 Å². The van der Waals surface area contributed by atoms with E-state index in [2.05, 4.69) is 6.92 Å². The van der Waals surface area contributed by atoms with Gasteiger partial charge in [-0.2, -0.15) is 0 Å². The van der Waals surface area contributed by atoms with Crippen molar-refractivity contribution in [3.63, 3.8) is 0 Å². The Morgan fingerprint density at radius 2 is 1.73 bits per heavy atom. The molecule has 2 heteroatoms. The molecule has 2 unspecified atom stereocenters. The van der Waals surface area contributed by atoms with E-state index in [0.717, 1.165) is 18.4 Å². The second-order valence-corrected chi connectivity index (χ2v) is 4.68. The van der Waals surface area contributed by atoms with Crippen LogP contribution in [0.1, 0.15) is 44.0 Å². The molecule has 0 spiro atoms. The maximum atomic E-state index is 13.0. The first-order chi connectivity index (χ1) is 7.06. The van der Waals surface area contributed by atoms with Crippen LogP contribution < -0.4 is 5.73 Å². The molecule has 1 fully saturated rings. The van der Waals surface area contributed by atoms with Gasteiger partial charge in [0.05, 0.1) is 0 Å². The molecule has 1 nitrogen and oxygen atoms in total. The fourth-order valence-electron chi connectivity index (χ4n) is 2.22. The highest BCUT2D eigenvalue weighted by Crippen LogP contribution is 2.50. The zero-order valence-electron chi connectivity index (χ0n) is 9.33. The van der Waals surface area contributed by atoms with Gasteiger partial charge in [-0.3, -0.25) is 0 Å². The lowest BCUT2D eigenvalue weighted by Gasteiger charge is -2.20. The van der Waals surface area contributed by atoms with Crippen molar-refractivity contribution < 1.29 is 4.39 Å². The number of halogens is 1. The van der Waals surface area contributed by atoms with Crippen molar-refractivity contribution >= 4 is 0 Å². The molecular formula is C13H18FN. The van der Waals surface area contributed by atoms with Crippen LogP contribution in [0.25, 0.3) is 0 Å². The molecule has 0 bridgehead atoms. The van der Waals surface area contributed by atoms with Gasteiger partial charge in [0.1, 0.15) is 6.17 Å². The Morgan fingerprint density at radius 3 is 2.07 bits per heavy atom. The molecule has 0 radical (unpaired) electrons. The zero-order valence-corrected chi connectivity index (χ0v) is 9.33. The number of nitrogens with two attached hydrogens (primary N) is 1. The molecule has 2 rings (SSSR count). The van der Waals surface area contributed by atoms with E-state index in [1.165, 1.54) is 5.56 Å². The van der Waals surface area contributed by atoms with Crippen LogP contribution in [0, 0.1) is 0 Å². The lowest BCUT2D eigenvalue weighted by atomic mass is 9.89. The van der Waals surface area contributed by atoms with Gasteiger partial charge in [-0.1, -0.05) is 24.3 Å². The predicted molar refractivity (Wildman–Crippen MR) is 60.5 cm³/mol. The van der Waals surface area contributed by atoms with Crippen LogP contribution in [-0.4, -0.2) is 6.04 Å². The van der Waals surface area contributed by atoms with Crippen molar-refractivity contribution in [1.29, 1.82) is 0 Å². The van der Waals surface area contributed by atoms with Gasteiger partial charge in [0.25, 0.3) is 0 Å². The molecule has 0 saturated heterocycles. The SMILES string of the molecule is CC(F)c1ccc(C2(C(C)N)CC2)cc1. The van der Waals surface area contributed by atoms with Crippen LogP contribution in [0.2, 0.25) is 0 Å². The summed E-state index contributed by atoms with van der Waals surface area (Å²) < 4.78 is 13.0. The third-order valence-corrected chi connectivity index (χ3v) is 3.61. The number of hydrogen-bond acceptors (Lipinski definition) is 1. The highest BCUT2D eigenvalue weighted by molar-refractivity contribution is 5.36. The minimum atomic E-state index is -0.885. The van der Waals surface area contributed by atoms with Gasteiger partial charge >= 0.3 is 0 Å². The van der Waals surface area contributed by atoms with E-state index in [1.807, 2.05) is 24.3 Å². The molecule has 0 heterocycles. The number of rotatable bonds is 3. The molecule has 0 aliphatic heterocycles. The van der Waals surface area contributed by atoms with Crippen molar-refractivity contribution in [2.75, 3.05) is 0 Å². The molecule has 1 aromatic rings. The quantitative estimate of drug-likeness (QED) is 0.809. The summed E-state index contributed by atoms with van der Waals surface area (Å²) in [5.41, 5.74) is 8.18. The minimum Gasteiger partial charge on any atom is -0.327 e. The molecular weight excluding hydrogens is 189 g/mol. The monoisotopic (exact) mass is 207 g/mol. The molecule has 0 aromatic heterocycles. The van der Waals surface area contributed by atoms with E-state index >= 15 is 0 Å². The summed E-state index contributed by atoms with van der Waals surface area (Å²) in [6, 6.07) is 8.00. The largest absolute Gasteiger partial charge is 0.327 e. The fourth-order valence-corrected chi connectivity index (χ4v) is 2.22. The van der Waals surface area contributed by atoms with Crippen LogP contribution in [-0.2, 0) is 5.41 Å². The van der Waals surface area contributed by atoms with Crippen molar-refractivity contribution in [3.8, 4) is 0 Å². The lowest BCUT2D eigenvalue weighted by Crippen LogP contribution is -2.31. The Labute approximate surface area is 90.5 Å². The second-order valence-electron chi connectivity index (χ2n) is 4.68. The Hall–Kier alpha value is -0.890. The Kier molecular flexibility index (Phi) is 2.55. The first-order valence-corrected chi connectivity index (χ1v) is 5.56. The Balaban J connectivity index is 2.24. The summed E-state index contributed by atoms with van der Waals surface area (Å²) in [5, 5.41) is 0. The molecule has 1 aliphatic rings. The summed E-state index contributed by atoms with van der Waals surface area (Å²) in [5.74, 6) is 0. The molecule has 0 amide bonds. The van der Waals surface area contributed by atoms with E-state index < -0.39 is 6.17 Å². The number of benzene rings is 1. The summed E-state index contributed by atoms with van der Waals surface area (Å²) in [7, 11) is 0. The van der Waals surface area contributed by atoms with Gasteiger partial charge in [-0.25, -0.2) is 4.39 Å². The smallest absolute Gasteiger partial charge is 0.122 e. The van der Waals surface area contributed by atoms with Crippen molar-refractivity contribution in [3.05, 3.63) is 35.4 Å². The van der Waals surface area contributed by atoms with Crippen LogP contribution in [0.4, 0.5) is 4.39 Å². The van der Waals surface area contributed by atoms with E-state index in [9.17, 15) is 4.39 Å². The van der Waals surface area contributed by atoms with E-state index in [0.29, 0.717) is 0 Å². The van der Waals surface area contributed by atoms with Crippen LogP contribution >= 0.6 is 0 Å². The Bertz CT molecular complexity index is 336. The zero-order chi connectivity index (χ0) is 11.1. The molecule has 82 valence electrons. The number of hydrogen-bond donors (Lipinski definition) is 1. The van der Waals surface area contributed by atoms with E-state index in [-0.39, 0.29) is 11.5 Å². The first-order valence-electron chi connectivity index (χ1n) is 5.56. The van der Waals surface area contributed by atoms with Gasteiger partial charge in [0, 0.05) is 11.5 Å². The summed E-state index contributed by atoms with van der Waals surface area (Å²) in [6.45, 7) is 3.62. The average Bonchev–Trinajstić information content (AvgIpc) is 2.98. The first kappa shape index (κ1) is 10.6. The highest BCUT2D eigenvalue weighted by Gasteiger charge is 2.47. The normalized spacial score (nSPS) is 22.1. The molecule has 2 atom stereocenters. The van der Waals surface area contributed by atoms with Gasteiger partial charge in [-0.15, -0.1) is 0 Å². The van der Waals surface area contributed by atoms with Crippen molar-refractivity contribution in [2.24, 2.45) is 5.73 Å². The van der Waals surface area contributed by atoms with Crippen LogP contribution in [0.5, 0.6) is 0 Å². The minimum absolute atomic E-state index is 0.179. The third kappa shape index (κ3) is 1.78. The van der Waals surface area contributed by atoms with Crippen molar-refractivity contribution in [2.45, 2.75) is 44.3 Å². The predicted octanol–water partition coefficient (Wildman–Crippen LogP) is 3.10. The van der Waals surface area contributed by atoms with Crippen molar-refractivity contribution in [1.82, 2.24) is 0 Å². The van der Waals surface area contributed by atoms with Crippen LogP contribution in [0.15, 0.2) is 24.3 Å². The topological polar surface area (TPSA) is 26.0 Å². The third-order valence-electron chi connectivity index (χ3n) is 3.61. The Morgan fingerprint density at radius 1 is 1.20 bits per heavy atom. The van der Waals surface area contributed by atoms with E-state index in [1.54, 1.807) is 6.92 Å². The van der Waals surface area contributed by atoms with Crippen LogP contribution in [0.3, 0.4) is 0 Å². The van der Waals surface area contributed by atoms with Gasteiger partial charge in [-0.05, 0) is 37.8 Å². The molecule has 2 N–H and O–H groups in total. The second kappa shape index (κ2) is 3.60. The fraction of sp³-hybridized carbons (Fsp3) is 0.538. The maximum Gasteiger partial charge on any atom is 0.122 e. The summed E-state index contributed by atoms with van der Waals surface area (Å²) in [6.07, 6.45) is 1.44. The van der Waals surface area contributed by atoms with Gasteiger partial charge in [0.2, 0.25) is 0 Å². The molecule has 1 saturated carbocycles. The van der Waals surface area contributed by atoms with Gasteiger partial charge < -0.3 is 5.73 Å². The molecule has 1 aliphatic carbocycles. The maximum absolute atomic E-state index is 13.0.